The van der Waals surface area contributed by atoms with E-state index in [0.717, 1.165) is 33.6 Å². The average molecular weight is 277 g/mol. The lowest BCUT2D eigenvalue weighted by Gasteiger charge is -2.26. The Morgan fingerprint density at radius 1 is 1.42 bits per heavy atom. The highest BCUT2D eigenvalue weighted by molar-refractivity contribution is 7.15. The second kappa shape index (κ2) is 5.05. The molecule has 0 saturated carbocycles. The van der Waals surface area contributed by atoms with Crippen molar-refractivity contribution in [2.75, 3.05) is 19.0 Å². The molecular weight excluding hydrogens is 262 g/mol. The van der Waals surface area contributed by atoms with Gasteiger partial charge in [-0.05, 0) is 25.1 Å². The molecule has 0 saturated heterocycles. The zero-order valence-corrected chi connectivity index (χ0v) is 11.7. The maximum absolute atomic E-state index is 5.67. The first kappa shape index (κ1) is 12.2. The zero-order valence-electron chi connectivity index (χ0n) is 10.8. The lowest BCUT2D eigenvalue weighted by atomic mass is 10.0. The number of hydrogen-bond acceptors (Lipinski definition) is 6. The Balaban J connectivity index is 1.88. The molecular formula is C13H15N3O2S. The molecule has 0 aliphatic carbocycles. The first-order valence-electron chi connectivity index (χ1n) is 6.13. The highest BCUT2D eigenvalue weighted by atomic mass is 32.1. The molecule has 6 heteroatoms. The molecule has 0 spiro atoms. The number of hydrogen-bond donors (Lipinski definition) is 1. The van der Waals surface area contributed by atoms with E-state index in [9.17, 15) is 0 Å². The van der Waals surface area contributed by atoms with Crippen LogP contribution in [0.25, 0.3) is 0 Å². The summed E-state index contributed by atoms with van der Waals surface area (Å²) in [6.45, 7) is 2.65. The van der Waals surface area contributed by atoms with Crippen LogP contribution in [0.4, 0.5) is 5.13 Å². The lowest BCUT2D eigenvalue weighted by Crippen LogP contribution is -2.20. The second-order valence-electron chi connectivity index (χ2n) is 4.36. The van der Waals surface area contributed by atoms with Gasteiger partial charge in [0.05, 0.1) is 19.8 Å². The van der Waals surface area contributed by atoms with Crippen molar-refractivity contribution in [3.63, 3.8) is 0 Å². The molecule has 1 aliphatic heterocycles. The van der Waals surface area contributed by atoms with E-state index in [2.05, 4.69) is 15.5 Å². The molecule has 3 rings (SSSR count). The minimum Gasteiger partial charge on any atom is -0.497 e. The maximum Gasteiger partial charge on any atom is 0.206 e. The molecule has 1 atom stereocenters. The molecule has 0 amide bonds. The van der Waals surface area contributed by atoms with Crippen LogP contribution in [-0.4, -0.2) is 23.9 Å². The Kier molecular flexibility index (Phi) is 3.25. The van der Waals surface area contributed by atoms with Crippen molar-refractivity contribution in [3.8, 4) is 11.5 Å². The fraction of sp³-hybridized carbons (Fsp3) is 0.385. The van der Waals surface area contributed by atoms with E-state index in [1.54, 1.807) is 18.4 Å². The number of nitrogens with one attached hydrogen (secondary N) is 1. The Labute approximate surface area is 115 Å². The summed E-state index contributed by atoms with van der Waals surface area (Å²) in [4.78, 5) is 0. The number of anilines is 1. The summed E-state index contributed by atoms with van der Waals surface area (Å²) >= 11 is 1.56. The van der Waals surface area contributed by atoms with E-state index in [0.29, 0.717) is 6.61 Å². The van der Waals surface area contributed by atoms with Crippen molar-refractivity contribution in [3.05, 3.63) is 28.8 Å². The van der Waals surface area contributed by atoms with E-state index in [1.807, 2.05) is 25.1 Å². The average Bonchev–Trinajstić information content (AvgIpc) is 2.84. The summed E-state index contributed by atoms with van der Waals surface area (Å²) in [6.07, 6.45) is 0.902. The third-order valence-corrected chi connectivity index (χ3v) is 3.85. The molecule has 1 aromatic heterocycles. The van der Waals surface area contributed by atoms with E-state index < -0.39 is 0 Å². The van der Waals surface area contributed by atoms with Gasteiger partial charge in [0.15, 0.2) is 0 Å². The summed E-state index contributed by atoms with van der Waals surface area (Å²) in [5.74, 6) is 1.75. The van der Waals surface area contributed by atoms with Crippen LogP contribution in [0, 0.1) is 6.92 Å². The molecule has 100 valence electrons. The van der Waals surface area contributed by atoms with Gasteiger partial charge in [-0.2, -0.15) is 0 Å². The number of aromatic nitrogens is 2. The quantitative estimate of drug-likeness (QED) is 0.935. The molecule has 2 aromatic rings. The highest BCUT2D eigenvalue weighted by Gasteiger charge is 2.23. The van der Waals surface area contributed by atoms with Crippen LogP contribution in [0.2, 0.25) is 0 Å². The molecule has 1 unspecified atom stereocenters. The molecule has 0 fully saturated rings. The Morgan fingerprint density at radius 2 is 2.32 bits per heavy atom. The predicted molar refractivity (Wildman–Crippen MR) is 74.1 cm³/mol. The zero-order chi connectivity index (χ0) is 13.2. The molecule has 0 bridgehead atoms. The third-order valence-electron chi connectivity index (χ3n) is 3.08. The standard InChI is InChI=1S/C13H15N3O2S/c1-8-15-16-13(19-8)14-11-5-6-18-12-4-3-9(17-2)7-10(11)12/h3-4,7,11H,5-6H2,1-2H3,(H,14,16). The first-order chi connectivity index (χ1) is 9.26. The fourth-order valence-corrected chi connectivity index (χ4v) is 2.80. The van der Waals surface area contributed by atoms with Gasteiger partial charge in [-0.3, -0.25) is 0 Å². The smallest absolute Gasteiger partial charge is 0.206 e. The summed E-state index contributed by atoms with van der Waals surface area (Å²) < 4.78 is 10.9. The minimum atomic E-state index is 0.186. The maximum atomic E-state index is 5.67. The molecule has 2 heterocycles. The van der Waals surface area contributed by atoms with Crippen LogP contribution in [0.5, 0.6) is 11.5 Å². The van der Waals surface area contributed by atoms with E-state index in [-0.39, 0.29) is 6.04 Å². The van der Waals surface area contributed by atoms with Gasteiger partial charge >= 0.3 is 0 Å². The molecule has 1 aromatic carbocycles. The molecule has 19 heavy (non-hydrogen) atoms. The van der Waals surface area contributed by atoms with Crippen molar-refractivity contribution in [2.45, 2.75) is 19.4 Å². The van der Waals surface area contributed by atoms with E-state index >= 15 is 0 Å². The lowest BCUT2D eigenvalue weighted by molar-refractivity contribution is 0.273. The van der Waals surface area contributed by atoms with Gasteiger partial charge in [-0.25, -0.2) is 0 Å². The number of benzene rings is 1. The number of rotatable bonds is 3. The van der Waals surface area contributed by atoms with Crippen molar-refractivity contribution < 1.29 is 9.47 Å². The predicted octanol–water partition coefficient (Wildman–Crippen LogP) is 2.79. The Hall–Kier alpha value is -1.82. The van der Waals surface area contributed by atoms with Crippen LogP contribution in [0.3, 0.4) is 0 Å². The van der Waals surface area contributed by atoms with Crippen molar-refractivity contribution in [1.29, 1.82) is 0 Å². The van der Waals surface area contributed by atoms with Crippen LogP contribution < -0.4 is 14.8 Å². The number of fused-ring (bicyclic) bond motifs is 1. The van der Waals surface area contributed by atoms with Crippen LogP contribution in [-0.2, 0) is 0 Å². The topological polar surface area (TPSA) is 56.3 Å². The van der Waals surface area contributed by atoms with Gasteiger partial charge in [0.1, 0.15) is 16.5 Å². The summed E-state index contributed by atoms with van der Waals surface area (Å²) in [5.41, 5.74) is 1.11. The minimum absolute atomic E-state index is 0.186. The van der Waals surface area contributed by atoms with Gasteiger partial charge in [0, 0.05) is 12.0 Å². The molecule has 1 aliphatic rings. The molecule has 5 nitrogen and oxygen atoms in total. The monoisotopic (exact) mass is 277 g/mol. The highest BCUT2D eigenvalue weighted by Crippen LogP contribution is 2.37. The summed E-state index contributed by atoms with van der Waals surface area (Å²) in [7, 11) is 1.67. The van der Waals surface area contributed by atoms with Gasteiger partial charge in [0.2, 0.25) is 5.13 Å². The number of methoxy groups -OCH3 is 1. The van der Waals surface area contributed by atoms with Crippen LogP contribution in [0.15, 0.2) is 18.2 Å². The van der Waals surface area contributed by atoms with Crippen LogP contribution in [0.1, 0.15) is 23.0 Å². The van der Waals surface area contributed by atoms with Gasteiger partial charge < -0.3 is 14.8 Å². The van der Waals surface area contributed by atoms with Gasteiger partial charge in [-0.15, -0.1) is 10.2 Å². The Bertz CT molecular complexity index is 585. The number of ether oxygens (including phenoxy) is 2. The van der Waals surface area contributed by atoms with Crippen molar-refractivity contribution in [1.82, 2.24) is 10.2 Å². The number of aryl methyl sites for hydroxylation is 1. The van der Waals surface area contributed by atoms with Gasteiger partial charge in [0.25, 0.3) is 0 Å². The Morgan fingerprint density at radius 3 is 3.05 bits per heavy atom. The molecule has 0 radical (unpaired) electrons. The number of nitrogens with zero attached hydrogens (tertiary/aromatic N) is 2. The van der Waals surface area contributed by atoms with Gasteiger partial charge in [-0.1, -0.05) is 11.3 Å². The SMILES string of the molecule is COc1ccc2c(c1)C(Nc1nnc(C)s1)CCO2. The summed E-state index contributed by atoms with van der Waals surface area (Å²) in [5, 5.41) is 13.4. The fourth-order valence-electron chi connectivity index (χ4n) is 2.15. The van der Waals surface area contributed by atoms with Crippen LogP contribution >= 0.6 is 11.3 Å². The first-order valence-corrected chi connectivity index (χ1v) is 6.95. The van der Waals surface area contributed by atoms with E-state index in [1.165, 1.54) is 0 Å². The van der Waals surface area contributed by atoms with Crippen molar-refractivity contribution >= 4 is 16.5 Å². The van der Waals surface area contributed by atoms with E-state index in [4.69, 9.17) is 9.47 Å². The second-order valence-corrected chi connectivity index (χ2v) is 5.55. The normalized spacial score (nSPS) is 17.5. The largest absolute Gasteiger partial charge is 0.497 e. The molecule has 1 N–H and O–H groups in total. The van der Waals surface area contributed by atoms with Crippen molar-refractivity contribution in [2.24, 2.45) is 0 Å². The summed E-state index contributed by atoms with van der Waals surface area (Å²) in [6, 6.07) is 6.06. The third kappa shape index (κ3) is 2.49.